The first-order valence-electron chi connectivity index (χ1n) is 6.37. The van der Waals surface area contributed by atoms with Crippen molar-refractivity contribution in [1.29, 1.82) is 0 Å². The third kappa shape index (κ3) is 2.14. The molecule has 5 heteroatoms. The molecule has 0 N–H and O–H groups in total. The minimum absolute atomic E-state index is 0.141. The van der Waals surface area contributed by atoms with Crippen molar-refractivity contribution >= 4 is 11.3 Å². The van der Waals surface area contributed by atoms with Crippen molar-refractivity contribution in [3.05, 3.63) is 37.8 Å². The zero-order valence-electron chi connectivity index (χ0n) is 10.4. The van der Waals surface area contributed by atoms with Crippen LogP contribution in [0.3, 0.4) is 0 Å². The van der Waals surface area contributed by atoms with E-state index in [1.807, 2.05) is 17.6 Å². The van der Waals surface area contributed by atoms with E-state index in [2.05, 4.69) is 5.16 Å². The fraction of sp³-hybridized carbons (Fsp3) is 0.538. The maximum atomic E-state index is 12.1. The lowest BCUT2D eigenvalue weighted by Gasteiger charge is -2.05. The van der Waals surface area contributed by atoms with Gasteiger partial charge in [0.25, 0.3) is 0 Å². The maximum absolute atomic E-state index is 12.1. The molecular formula is C13H16N2O2S. The number of hydrogen-bond donors (Lipinski definition) is 0. The van der Waals surface area contributed by atoms with Crippen LogP contribution in [-0.4, -0.2) is 9.72 Å². The Morgan fingerprint density at radius 2 is 2.22 bits per heavy atom. The molecule has 3 rings (SSSR count). The molecule has 0 fully saturated rings. The maximum Gasteiger partial charge on any atom is 0.307 e. The lowest BCUT2D eigenvalue weighted by Crippen LogP contribution is -2.17. The summed E-state index contributed by atoms with van der Waals surface area (Å²) in [5.74, 6) is 0.791. The Balaban J connectivity index is 1.96. The summed E-state index contributed by atoms with van der Waals surface area (Å²) in [6.07, 6.45) is 5.72. The molecule has 0 atom stereocenters. The first-order valence-corrected chi connectivity index (χ1v) is 7.19. The largest absolute Gasteiger partial charge is 0.361 e. The van der Waals surface area contributed by atoms with Crippen molar-refractivity contribution in [3.63, 3.8) is 0 Å². The van der Waals surface area contributed by atoms with E-state index >= 15 is 0 Å². The number of fused-ring (bicyclic) bond motifs is 1. The molecule has 2 aromatic rings. The summed E-state index contributed by atoms with van der Waals surface area (Å²) in [6.45, 7) is 2.41. The molecule has 4 nitrogen and oxygen atoms in total. The van der Waals surface area contributed by atoms with E-state index in [1.54, 1.807) is 0 Å². The molecule has 0 radical (unpaired) electrons. The van der Waals surface area contributed by atoms with E-state index in [0.29, 0.717) is 6.54 Å². The minimum Gasteiger partial charge on any atom is -0.361 e. The predicted octanol–water partition coefficient (Wildman–Crippen LogP) is 2.52. The average molecular weight is 264 g/mol. The van der Waals surface area contributed by atoms with Gasteiger partial charge in [-0.3, -0.25) is 9.36 Å². The lowest BCUT2D eigenvalue weighted by molar-refractivity contribution is 0.388. The highest BCUT2D eigenvalue weighted by Crippen LogP contribution is 2.23. The van der Waals surface area contributed by atoms with Crippen LogP contribution in [0.25, 0.3) is 0 Å². The van der Waals surface area contributed by atoms with Gasteiger partial charge in [-0.2, -0.15) is 0 Å². The molecule has 0 spiro atoms. The molecule has 1 aliphatic rings. The van der Waals surface area contributed by atoms with Crippen molar-refractivity contribution in [2.45, 2.75) is 45.6 Å². The molecular weight excluding hydrogens is 248 g/mol. The Labute approximate surface area is 109 Å². The van der Waals surface area contributed by atoms with Crippen molar-refractivity contribution in [3.8, 4) is 0 Å². The van der Waals surface area contributed by atoms with Gasteiger partial charge in [0, 0.05) is 16.6 Å². The quantitative estimate of drug-likeness (QED) is 0.783. The van der Waals surface area contributed by atoms with Gasteiger partial charge in [-0.05, 0) is 32.6 Å². The number of aromatic nitrogens is 2. The second-order valence-corrected chi connectivity index (χ2v) is 5.86. The molecule has 96 valence electrons. The first-order chi connectivity index (χ1) is 8.74. The van der Waals surface area contributed by atoms with E-state index < -0.39 is 0 Å². The average Bonchev–Trinajstić information content (AvgIpc) is 2.78. The highest BCUT2D eigenvalue weighted by atomic mass is 32.1. The van der Waals surface area contributed by atoms with E-state index in [0.717, 1.165) is 24.3 Å². The zero-order valence-corrected chi connectivity index (χ0v) is 11.3. The number of hydrogen-bond acceptors (Lipinski definition) is 4. The van der Waals surface area contributed by atoms with Crippen molar-refractivity contribution in [2.75, 3.05) is 0 Å². The van der Waals surface area contributed by atoms with Gasteiger partial charge in [0.1, 0.15) is 11.5 Å². The molecule has 1 aliphatic carbocycles. The zero-order chi connectivity index (χ0) is 12.5. The standard InChI is InChI=1S/C13H16N2O2S/c1-9-7-10(14-17-9)8-15-11-5-3-2-4-6-12(11)18-13(15)16/h7H,2-6,8H2,1H3. The molecule has 0 saturated carbocycles. The van der Waals surface area contributed by atoms with Gasteiger partial charge in [0.15, 0.2) is 0 Å². The van der Waals surface area contributed by atoms with Gasteiger partial charge in [-0.25, -0.2) is 0 Å². The summed E-state index contributed by atoms with van der Waals surface area (Å²) in [5, 5.41) is 3.97. The third-order valence-electron chi connectivity index (χ3n) is 3.39. The van der Waals surface area contributed by atoms with Crippen LogP contribution in [0.1, 0.15) is 41.3 Å². The Morgan fingerprint density at radius 3 is 3.00 bits per heavy atom. The van der Waals surface area contributed by atoms with Gasteiger partial charge >= 0.3 is 4.87 Å². The summed E-state index contributed by atoms with van der Waals surface area (Å²) >= 11 is 1.41. The van der Waals surface area contributed by atoms with E-state index in [4.69, 9.17) is 4.52 Å². The van der Waals surface area contributed by atoms with Crippen LogP contribution in [0.15, 0.2) is 15.4 Å². The van der Waals surface area contributed by atoms with Crippen LogP contribution in [0, 0.1) is 6.92 Å². The summed E-state index contributed by atoms with van der Waals surface area (Å²) in [4.78, 5) is 13.5. The second-order valence-electron chi connectivity index (χ2n) is 4.81. The van der Waals surface area contributed by atoms with Crippen LogP contribution in [-0.2, 0) is 19.4 Å². The molecule has 0 unspecified atom stereocenters. The molecule has 0 aliphatic heterocycles. The predicted molar refractivity (Wildman–Crippen MR) is 70.2 cm³/mol. The molecule has 0 aromatic carbocycles. The minimum atomic E-state index is 0.141. The fourth-order valence-corrected chi connectivity index (χ4v) is 3.59. The topological polar surface area (TPSA) is 48.0 Å². The molecule has 2 heterocycles. The molecule has 0 bridgehead atoms. The van der Waals surface area contributed by atoms with Gasteiger partial charge in [0.05, 0.1) is 6.54 Å². The van der Waals surface area contributed by atoms with Gasteiger partial charge in [0.2, 0.25) is 0 Å². The Bertz CT molecular complexity index is 609. The summed E-state index contributed by atoms with van der Waals surface area (Å²) < 4.78 is 6.94. The van der Waals surface area contributed by atoms with Crippen LogP contribution in [0.5, 0.6) is 0 Å². The van der Waals surface area contributed by atoms with Crippen LogP contribution in [0.4, 0.5) is 0 Å². The van der Waals surface area contributed by atoms with Crippen molar-refractivity contribution in [1.82, 2.24) is 9.72 Å². The van der Waals surface area contributed by atoms with Gasteiger partial charge < -0.3 is 4.52 Å². The summed E-state index contributed by atoms with van der Waals surface area (Å²) in [5.41, 5.74) is 2.06. The van der Waals surface area contributed by atoms with Crippen LogP contribution >= 0.6 is 11.3 Å². The molecule has 2 aromatic heterocycles. The number of nitrogens with zero attached hydrogens (tertiary/aromatic N) is 2. The summed E-state index contributed by atoms with van der Waals surface area (Å²) in [7, 11) is 0. The second kappa shape index (κ2) is 4.72. The monoisotopic (exact) mass is 264 g/mol. The highest BCUT2D eigenvalue weighted by Gasteiger charge is 2.17. The Morgan fingerprint density at radius 1 is 1.39 bits per heavy atom. The summed E-state index contributed by atoms with van der Waals surface area (Å²) in [6, 6.07) is 1.90. The molecule has 0 amide bonds. The van der Waals surface area contributed by atoms with Gasteiger partial charge in [-0.15, -0.1) is 0 Å². The van der Waals surface area contributed by atoms with E-state index in [-0.39, 0.29) is 4.87 Å². The first kappa shape index (κ1) is 11.7. The highest BCUT2D eigenvalue weighted by molar-refractivity contribution is 7.09. The number of rotatable bonds is 2. The van der Waals surface area contributed by atoms with Crippen LogP contribution in [0.2, 0.25) is 0 Å². The van der Waals surface area contributed by atoms with Crippen molar-refractivity contribution in [2.24, 2.45) is 0 Å². The number of aryl methyl sites for hydroxylation is 2. The van der Waals surface area contributed by atoms with E-state index in [9.17, 15) is 4.79 Å². The normalized spacial score (nSPS) is 15.4. The third-order valence-corrected chi connectivity index (χ3v) is 4.47. The number of thiazole rings is 1. The fourth-order valence-electron chi connectivity index (χ4n) is 2.52. The van der Waals surface area contributed by atoms with Crippen LogP contribution < -0.4 is 4.87 Å². The molecule has 0 saturated heterocycles. The van der Waals surface area contributed by atoms with Gasteiger partial charge in [-0.1, -0.05) is 22.9 Å². The van der Waals surface area contributed by atoms with E-state index in [1.165, 1.54) is 41.2 Å². The SMILES string of the molecule is Cc1cc(Cn2c3c(sc2=O)CCCCC3)no1. The lowest BCUT2D eigenvalue weighted by atomic mass is 10.2. The molecule has 18 heavy (non-hydrogen) atoms. The Hall–Kier alpha value is -1.36. The smallest absolute Gasteiger partial charge is 0.307 e. The Kier molecular flexibility index (Phi) is 3.07. The van der Waals surface area contributed by atoms with Crippen molar-refractivity contribution < 1.29 is 4.52 Å².